The smallest absolute Gasteiger partial charge is 0.494 e. The van der Waals surface area contributed by atoms with Crippen molar-refractivity contribution in [3.63, 3.8) is 0 Å². The van der Waals surface area contributed by atoms with Crippen molar-refractivity contribution in [3.05, 3.63) is 72.4 Å². The van der Waals surface area contributed by atoms with E-state index in [1.807, 2.05) is 32.3 Å². The summed E-state index contributed by atoms with van der Waals surface area (Å²) in [6.07, 6.45) is 48.0. The van der Waals surface area contributed by atoms with Crippen molar-refractivity contribution < 1.29 is 23.7 Å². The van der Waals surface area contributed by atoms with E-state index in [0.29, 0.717) is 19.8 Å². The Labute approximate surface area is 339 Å². The molecule has 6 heteroatoms. The Hall–Kier alpha value is -2.99. The number of hydrogen-bond donors (Lipinski definition) is 0. The molecule has 0 aromatic heterocycles. The lowest BCUT2D eigenvalue weighted by molar-refractivity contribution is 0.0474. The summed E-state index contributed by atoms with van der Waals surface area (Å²) >= 11 is 0. The molecule has 0 bridgehead atoms. The van der Waals surface area contributed by atoms with Crippen LogP contribution in [0.2, 0.25) is 0 Å². The molecule has 0 N–H and O–H groups in total. The zero-order valence-corrected chi connectivity index (χ0v) is 36.1. The average Bonchev–Trinajstić information content (AvgIpc) is 3.18. The third-order valence-corrected chi connectivity index (χ3v) is 9.56. The van der Waals surface area contributed by atoms with Crippen molar-refractivity contribution in [1.29, 1.82) is 0 Å². The zero-order chi connectivity index (χ0) is 39.7. The lowest BCUT2D eigenvalue weighted by Crippen LogP contribution is -2.16. The van der Waals surface area contributed by atoms with Gasteiger partial charge in [-0.05, 0) is 116 Å². The van der Waals surface area contributed by atoms with Crippen LogP contribution in [-0.2, 0) is 16.1 Å². The monoisotopic (exact) mass is 766 g/mol. The molecule has 0 aliphatic heterocycles. The minimum absolute atomic E-state index is 0.0909. The van der Waals surface area contributed by atoms with Crippen molar-refractivity contribution in [2.24, 2.45) is 0 Å². The Balaban J connectivity index is 2.33. The van der Waals surface area contributed by atoms with Crippen LogP contribution in [0.4, 0.5) is 4.79 Å². The van der Waals surface area contributed by atoms with Gasteiger partial charge in [0.25, 0.3) is 0 Å². The van der Waals surface area contributed by atoms with E-state index in [2.05, 4.69) is 67.4 Å². The second-order valence-corrected chi connectivity index (χ2v) is 15.2. The quantitative estimate of drug-likeness (QED) is 0.0380. The van der Waals surface area contributed by atoms with Crippen LogP contribution in [0.25, 0.3) is 0 Å². The molecule has 0 atom stereocenters. The van der Waals surface area contributed by atoms with Crippen molar-refractivity contribution in [1.82, 2.24) is 4.90 Å². The molecule has 314 valence electrons. The van der Waals surface area contributed by atoms with Crippen molar-refractivity contribution in [2.45, 2.75) is 181 Å². The highest BCUT2D eigenvalue weighted by molar-refractivity contribution is 5.60. The number of ether oxygens (including phenoxy) is 4. The number of benzene rings is 1. The molecule has 1 aromatic rings. The van der Waals surface area contributed by atoms with Gasteiger partial charge >= 0.3 is 6.16 Å². The van der Waals surface area contributed by atoms with Gasteiger partial charge in [-0.15, -0.1) is 0 Å². The van der Waals surface area contributed by atoms with E-state index >= 15 is 0 Å². The molecule has 6 nitrogen and oxygen atoms in total. The molecular formula is C49H83NO5. The van der Waals surface area contributed by atoms with Gasteiger partial charge in [-0.25, -0.2) is 4.79 Å². The first-order valence-electron chi connectivity index (χ1n) is 22.5. The highest BCUT2D eigenvalue weighted by atomic mass is 16.7. The molecule has 1 rings (SSSR count). The third-order valence-electron chi connectivity index (χ3n) is 9.56. The van der Waals surface area contributed by atoms with Crippen molar-refractivity contribution in [2.75, 3.05) is 40.5 Å². The molecule has 0 aliphatic rings. The summed E-state index contributed by atoms with van der Waals surface area (Å²) in [5.41, 5.74) is 0.805. The number of nitrogens with zero attached hydrogens (tertiary/aromatic N) is 1. The maximum absolute atomic E-state index is 12.3. The van der Waals surface area contributed by atoms with Crippen LogP contribution < -0.4 is 9.47 Å². The fourth-order valence-electron chi connectivity index (χ4n) is 6.17. The van der Waals surface area contributed by atoms with Crippen LogP contribution in [-0.4, -0.2) is 51.5 Å². The Bertz CT molecular complexity index is 1120. The number of carbonyl (C=O) groups excluding carboxylic acids is 1. The van der Waals surface area contributed by atoms with E-state index in [9.17, 15) is 4.79 Å². The summed E-state index contributed by atoms with van der Waals surface area (Å²) in [7, 11) is 4.00. The second-order valence-electron chi connectivity index (χ2n) is 15.2. The molecule has 0 amide bonds. The van der Waals surface area contributed by atoms with Gasteiger partial charge in [0.05, 0.1) is 19.8 Å². The number of unbranched alkanes of at least 4 members (excludes halogenated alkanes) is 18. The van der Waals surface area contributed by atoms with Gasteiger partial charge in [0, 0.05) is 12.1 Å². The van der Waals surface area contributed by atoms with Gasteiger partial charge in [0.15, 0.2) is 0 Å². The Morgan fingerprint density at radius 1 is 0.527 bits per heavy atom. The molecule has 0 saturated carbocycles. The Kier molecular flexibility index (Phi) is 35.7. The van der Waals surface area contributed by atoms with Gasteiger partial charge < -0.3 is 23.8 Å². The summed E-state index contributed by atoms with van der Waals surface area (Å²) in [5, 5.41) is 0. The van der Waals surface area contributed by atoms with Crippen LogP contribution in [0.1, 0.15) is 180 Å². The second kappa shape index (κ2) is 39.3. The summed E-state index contributed by atoms with van der Waals surface area (Å²) in [4.78, 5) is 14.4. The molecule has 0 fully saturated rings. The van der Waals surface area contributed by atoms with Gasteiger partial charge in [-0.3, -0.25) is 0 Å². The molecule has 0 saturated heterocycles. The van der Waals surface area contributed by atoms with Crippen LogP contribution in [0.3, 0.4) is 0 Å². The minimum Gasteiger partial charge on any atom is -0.494 e. The standard InChI is InChI=1S/C49H83NO5/c1-5-7-9-11-13-15-17-19-21-23-25-27-29-31-33-35-41-52-47-38-39-48(46(44-47)45-55-49(51)54-43-37-40-50(3)4)53-42-36-34-32-30-28-26-24-22-20-18-16-14-12-10-8-6-2/h13-16,19-22,38-39,44H,5-12,17-18,23-37,40-43,45H2,1-4H3. The van der Waals surface area contributed by atoms with Gasteiger partial charge in [-0.1, -0.05) is 140 Å². The number of carbonyl (C=O) groups is 1. The number of allylic oxidation sites excluding steroid dienone is 8. The number of hydrogen-bond acceptors (Lipinski definition) is 6. The molecule has 1 aromatic carbocycles. The summed E-state index contributed by atoms with van der Waals surface area (Å²) < 4.78 is 23.1. The van der Waals surface area contributed by atoms with E-state index < -0.39 is 6.16 Å². The van der Waals surface area contributed by atoms with E-state index in [1.165, 1.54) is 122 Å². The van der Waals surface area contributed by atoms with E-state index in [-0.39, 0.29) is 6.61 Å². The van der Waals surface area contributed by atoms with Crippen molar-refractivity contribution >= 4 is 6.16 Å². The maximum Gasteiger partial charge on any atom is 0.508 e. The van der Waals surface area contributed by atoms with Crippen LogP contribution in [0, 0.1) is 0 Å². The minimum atomic E-state index is -0.650. The SMILES string of the molecule is CCCCCC=CCC=CCCCCCCCCOc1ccc(OCCCCCCCCC=CCC=CCCCCC)c(COC(=O)OCCCN(C)C)c1. The third kappa shape index (κ3) is 34.0. The largest absolute Gasteiger partial charge is 0.508 e. The van der Waals surface area contributed by atoms with E-state index in [0.717, 1.165) is 62.1 Å². The molecule has 0 spiro atoms. The summed E-state index contributed by atoms with van der Waals surface area (Å²) in [6, 6.07) is 5.86. The Morgan fingerprint density at radius 3 is 1.51 bits per heavy atom. The Morgan fingerprint density at radius 2 is 1.00 bits per heavy atom. The molecule has 0 unspecified atom stereocenters. The van der Waals surface area contributed by atoms with Gasteiger partial charge in [-0.2, -0.15) is 0 Å². The normalized spacial score (nSPS) is 11.9. The molecule has 55 heavy (non-hydrogen) atoms. The zero-order valence-electron chi connectivity index (χ0n) is 36.1. The highest BCUT2D eigenvalue weighted by Gasteiger charge is 2.11. The number of rotatable bonds is 38. The molecular weight excluding hydrogens is 683 g/mol. The predicted octanol–water partition coefficient (Wildman–Crippen LogP) is 14.7. The lowest BCUT2D eigenvalue weighted by atomic mass is 10.1. The topological polar surface area (TPSA) is 57.2 Å². The van der Waals surface area contributed by atoms with Crippen LogP contribution in [0.5, 0.6) is 11.5 Å². The average molecular weight is 766 g/mol. The first-order chi connectivity index (χ1) is 27.1. The van der Waals surface area contributed by atoms with Gasteiger partial charge in [0.2, 0.25) is 0 Å². The lowest BCUT2D eigenvalue weighted by Gasteiger charge is -2.15. The fraction of sp³-hybridized carbons (Fsp3) is 0.694. The highest BCUT2D eigenvalue weighted by Crippen LogP contribution is 2.26. The van der Waals surface area contributed by atoms with E-state index in [4.69, 9.17) is 18.9 Å². The molecule has 0 heterocycles. The van der Waals surface area contributed by atoms with Crippen LogP contribution in [0.15, 0.2) is 66.8 Å². The van der Waals surface area contributed by atoms with Crippen molar-refractivity contribution in [3.8, 4) is 11.5 Å². The fourth-order valence-corrected chi connectivity index (χ4v) is 6.17. The first kappa shape index (κ1) is 50.0. The van der Waals surface area contributed by atoms with Gasteiger partial charge in [0.1, 0.15) is 18.1 Å². The first-order valence-corrected chi connectivity index (χ1v) is 22.5. The molecule has 0 aliphatic carbocycles. The maximum atomic E-state index is 12.3. The molecule has 0 radical (unpaired) electrons. The predicted molar refractivity (Wildman–Crippen MR) is 235 cm³/mol. The van der Waals surface area contributed by atoms with Crippen LogP contribution >= 0.6 is 0 Å². The van der Waals surface area contributed by atoms with E-state index in [1.54, 1.807) is 0 Å². The summed E-state index contributed by atoms with van der Waals surface area (Å²) in [6.45, 7) is 7.11. The summed E-state index contributed by atoms with van der Waals surface area (Å²) in [5.74, 6) is 1.52.